The van der Waals surface area contributed by atoms with E-state index in [2.05, 4.69) is 5.32 Å². The van der Waals surface area contributed by atoms with Crippen LogP contribution in [0, 0.1) is 0 Å². The first-order chi connectivity index (χ1) is 9.18. The number of nitrogens with one attached hydrogen (secondary N) is 1. The fourth-order valence-electron chi connectivity index (χ4n) is 2.21. The number of carboxylic acid groups (broad SMARTS) is 1. The average Bonchev–Trinajstić information content (AvgIpc) is 3.04. The third-order valence-electron chi connectivity index (χ3n) is 3.23. The number of amides is 1. The van der Waals surface area contributed by atoms with Gasteiger partial charge in [-0.25, -0.2) is 4.79 Å². The minimum absolute atomic E-state index is 0.189. The molecule has 1 aliphatic rings. The van der Waals surface area contributed by atoms with E-state index in [0.29, 0.717) is 24.4 Å². The van der Waals surface area contributed by atoms with Gasteiger partial charge in [0, 0.05) is 32.6 Å². The van der Waals surface area contributed by atoms with Crippen LogP contribution in [-0.2, 0) is 11.3 Å². The number of thiophene rings is 1. The summed E-state index contributed by atoms with van der Waals surface area (Å²) < 4.78 is 0. The number of rotatable bonds is 6. The number of carbonyl (C=O) groups is 2. The number of likely N-dealkylation sites (tertiary alicyclic amines) is 1. The number of nitrogens with zero attached hydrogens (tertiary/aromatic N) is 1. The van der Waals surface area contributed by atoms with Crippen LogP contribution in [0.15, 0.2) is 11.4 Å². The van der Waals surface area contributed by atoms with Gasteiger partial charge in [-0.05, 0) is 29.9 Å². The first-order valence-corrected chi connectivity index (χ1v) is 7.34. The fourth-order valence-corrected chi connectivity index (χ4v) is 2.97. The second-order valence-corrected chi connectivity index (χ2v) is 5.51. The van der Waals surface area contributed by atoms with Crippen molar-refractivity contribution >= 4 is 23.2 Å². The van der Waals surface area contributed by atoms with E-state index >= 15 is 0 Å². The van der Waals surface area contributed by atoms with Crippen LogP contribution in [-0.4, -0.2) is 41.5 Å². The largest absolute Gasteiger partial charge is 0.477 e. The first-order valence-electron chi connectivity index (χ1n) is 6.46. The van der Waals surface area contributed by atoms with Crippen LogP contribution in [0.4, 0.5) is 0 Å². The van der Waals surface area contributed by atoms with Gasteiger partial charge in [-0.15, -0.1) is 11.3 Å². The first kappa shape index (κ1) is 14.0. The molecule has 1 aliphatic heterocycles. The van der Waals surface area contributed by atoms with Crippen LogP contribution >= 0.6 is 11.3 Å². The van der Waals surface area contributed by atoms with Crippen LogP contribution in [0.1, 0.15) is 34.5 Å². The van der Waals surface area contributed by atoms with Gasteiger partial charge in [0.25, 0.3) is 0 Å². The topological polar surface area (TPSA) is 69.6 Å². The lowest BCUT2D eigenvalue weighted by Gasteiger charge is -2.15. The Morgan fingerprint density at radius 3 is 2.79 bits per heavy atom. The Balaban J connectivity index is 1.70. The van der Waals surface area contributed by atoms with E-state index in [0.717, 1.165) is 31.5 Å². The Kier molecular flexibility index (Phi) is 4.93. The summed E-state index contributed by atoms with van der Waals surface area (Å²) in [5.41, 5.74) is 0.783. The van der Waals surface area contributed by atoms with Crippen LogP contribution < -0.4 is 5.32 Å². The minimum Gasteiger partial charge on any atom is -0.477 e. The van der Waals surface area contributed by atoms with E-state index < -0.39 is 5.97 Å². The molecule has 0 atom stereocenters. The lowest BCUT2D eigenvalue weighted by molar-refractivity contribution is -0.130. The van der Waals surface area contributed by atoms with Crippen molar-refractivity contribution in [3.8, 4) is 0 Å². The van der Waals surface area contributed by atoms with Gasteiger partial charge in [-0.3, -0.25) is 4.79 Å². The van der Waals surface area contributed by atoms with Gasteiger partial charge in [0.05, 0.1) is 0 Å². The molecule has 1 saturated heterocycles. The predicted molar refractivity (Wildman–Crippen MR) is 73.4 cm³/mol. The number of hydrogen-bond acceptors (Lipinski definition) is 4. The van der Waals surface area contributed by atoms with E-state index in [1.165, 1.54) is 11.3 Å². The molecule has 0 saturated carbocycles. The molecule has 6 heteroatoms. The summed E-state index contributed by atoms with van der Waals surface area (Å²) in [6, 6.07) is 1.81. The van der Waals surface area contributed by atoms with Crippen LogP contribution in [0.2, 0.25) is 0 Å². The highest BCUT2D eigenvalue weighted by Gasteiger charge is 2.17. The van der Waals surface area contributed by atoms with Crippen molar-refractivity contribution in [2.45, 2.75) is 25.8 Å². The number of carbonyl (C=O) groups excluding carboxylic acids is 1. The molecule has 0 spiro atoms. The summed E-state index contributed by atoms with van der Waals surface area (Å²) in [5, 5.41) is 13.9. The van der Waals surface area contributed by atoms with Crippen molar-refractivity contribution in [1.29, 1.82) is 0 Å². The second-order valence-electron chi connectivity index (χ2n) is 4.59. The van der Waals surface area contributed by atoms with Gasteiger partial charge in [-0.1, -0.05) is 0 Å². The molecule has 1 amide bonds. The highest BCUT2D eigenvalue weighted by atomic mass is 32.1. The van der Waals surface area contributed by atoms with E-state index in [1.807, 2.05) is 11.0 Å². The van der Waals surface area contributed by atoms with Gasteiger partial charge >= 0.3 is 5.97 Å². The average molecular weight is 282 g/mol. The van der Waals surface area contributed by atoms with E-state index in [9.17, 15) is 9.59 Å². The Morgan fingerprint density at radius 2 is 2.11 bits per heavy atom. The molecule has 2 N–H and O–H groups in total. The van der Waals surface area contributed by atoms with Gasteiger partial charge in [0.1, 0.15) is 4.88 Å². The molecule has 0 aliphatic carbocycles. The highest BCUT2D eigenvalue weighted by Crippen LogP contribution is 2.16. The smallest absolute Gasteiger partial charge is 0.346 e. The predicted octanol–water partition coefficient (Wildman–Crippen LogP) is 1.55. The Labute approximate surface area is 116 Å². The summed E-state index contributed by atoms with van der Waals surface area (Å²) in [6.45, 7) is 2.85. The molecule has 0 radical (unpaired) electrons. The van der Waals surface area contributed by atoms with Crippen LogP contribution in [0.25, 0.3) is 0 Å². The molecule has 19 heavy (non-hydrogen) atoms. The van der Waals surface area contributed by atoms with Crippen molar-refractivity contribution in [1.82, 2.24) is 10.2 Å². The molecule has 1 fully saturated rings. The Morgan fingerprint density at radius 1 is 1.37 bits per heavy atom. The van der Waals surface area contributed by atoms with E-state index in [4.69, 9.17) is 5.11 Å². The lowest BCUT2D eigenvalue weighted by Crippen LogP contribution is -2.30. The quantitative estimate of drug-likeness (QED) is 0.777. The van der Waals surface area contributed by atoms with Gasteiger partial charge < -0.3 is 15.3 Å². The molecule has 1 aromatic rings. The SMILES string of the molecule is O=C(O)c1sccc1CNCCC(=O)N1CCCC1. The zero-order valence-electron chi connectivity index (χ0n) is 10.7. The maximum absolute atomic E-state index is 11.8. The summed E-state index contributed by atoms with van der Waals surface area (Å²) in [5.74, 6) is -0.700. The van der Waals surface area contributed by atoms with Crippen molar-refractivity contribution in [2.75, 3.05) is 19.6 Å². The summed E-state index contributed by atoms with van der Waals surface area (Å²) >= 11 is 1.23. The molecule has 104 valence electrons. The molecule has 0 bridgehead atoms. The van der Waals surface area contributed by atoms with Gasteiger partial charge in [-0.2, -0.15) is 0 Å². The number of hydrogen-bond donors (Lipinski definition) is 2. The van der Waals surface area contributed by atoms with Crippen molar-refractivity contribution in [3.63, 3.8) is 0 Å². The molecule has 1 aromatic heterocycles. The van der Waals surface area contributed by atoms with Gasteiger partial charge in [0.15, 0.2) is 0 Å². The van der Waals surface area contributed by atoms with Crippen molar-refractivity contribution in [3.05, 3.63) is 21.9 Å². The normalized spacial score (nSPS) is 14.8. The summed E-state index contributed by atoms with van der Waals surface area (Å²) in [6.07, 6.45) is 2.69. The zero-order chi connectivity index (χ0) is 13.7. The van der Waals surface area contributed by atoms with E-state index in [-0.39, 0.29) is 5.91 Å². The maximum Gasteiger partial charge on any atom is 0.346 e. The maximum atomic E-state index is 11.8. The highest BCUT2D eigenvalue weighted by molar-refractivity contribution is 7.12. The summed E-state index contributed by atoms with van der Waals surface area (Å²) in [7, 11) is 0. The third-order valence-corrected chi connectivity index (χ3v) is 4.18. The standard InChI is InChI=1S/C13H18N2O3S/c16-11(15-6-1-2-7-15)3-5-14-9-10-4-8-19-12(10)13(17)18/h4,8,14H,1-3,5-7,9H2,(H,17,18). The van der Waals surface area contributed by atoms with Crippen LogP contribution in [0.3, 0.4) is 0 Å². The Bertz CT molecular complexity index is 452. The molecule has 0 aromatic carbocycles. The number of carboxylic acids is 1. The Hall–Kier alpha value is -1.40. The van der Waals surface area contributed by atoms with Crippen molar-refractivity contribution < 1.29 is 14.7 Å². The van der Waals surface area contributed by atoms with Gasteiger partial charge in [0.2, 0.25) is 5.91 Å². The zero-order valence-corrected chi connectivity index (χ0v) is 11.5. The molecule has 2 rings (SSSR count). The fraction of sp³-hybridized carbons (Fsp3) is 0.538. The number of aromatic carboxylic acids is 1. The van der Waals surface area contributed by atoms with Crippen LogP contribution in [0.5, 0.6) is 0 Å². The monoisotopic (exact) mass is 282 g/mol. The molecule has 5 nitrogen and oxygen atoms in total. The third kappa shape index (κ3) is 3.78. The molecule has 2 heterocycles. The molecular formula is C13H18N2O3S. The minimum atomic E-state index is -0.889. The molecule has 0 unspecified atom stereocenters. The van der Waals surface area contributed by atoms with Crippen molar-refractivity contribution in [2.24, 2.45) is 0 Å². The second kappa shape index (κ2) is 6.68. The lowest BCUT2D eigenvalue weighted by atomic mass is 10.2. The molecular weight excluding hydrogens is 264 g/mol. The summed E-state index contributed by atoms with van der Waals surface area (Å²) in [4.78, 5) is 25.0. The van der Waals surface area contributed by atoms with E-state index in [1.54, 1.807) is 5.38 Å².